The zero-order valence-corrected chi connectivity index (χ0v) is 22.5. The number of nitrogens with zero attached hydrogens (tertiary/aromatic N) is 2. The lowest BCUT2D eigenvalue weighted by atomic mass is 9.98. The minimum Gasteiger partial charge on any atom is -0.496 e. The Hall–Kier alpha value is -2.75. The highest BCUT2D eigenvalue weighted by Crippen LogP contribution is 2.45. The zero-order chi connectivity index (χ0) is 24.4. The zero-order valence-electron chi connectivity index (χ0n) is 20.9. The van der Waals surface area contributed by atoms with Gasteiger partial charge in [-0.25, -0.2) is 9.37 Å². The summed E-state index contributed by atoms with van der Waals surface area (Å²) < 4.78 is 25.7. The Morgan fingerprint density at radius 1 is 1.11 bits per heavy atom. The number of methoxy groups -OCH3 is 2. The van der Waals surface area contributed by atoms with E-state index in [9.17, 15) is 4.39 Å². The summed E-state index contributed by atoms with van der Waals surface area (Å²) in [6.45, 7) is 6.25. The summed E-state index contributed by atoms with van der Waals surface area (Å²) in [4.78, 5) is 8.28. The first-order valence-electron chi connectivity index (χ1n) is 11.5. The monoisotopic (exact) mass is 514 g/mol. The van der Waals surface area contributed by atoms with Gasteiger partial charge in [0, 0.05) is 16.5 Å². The second-order valence-corrected chi connectivity index (χ2v) is 10.1. The van der Waals surface area contributed by atoms with E-state index in [1.807, 2.05) is 31.2 Å². The van der Waals surface area contributed by atoms with Gasteiger partial charge < -0.3 is 14.4 Å². The van der Waals surface area contributed by atoms with Crippen molar-refractivity contribution in [3.8, 4) is 35.1 Å². The molecule has 0 unspecified atom stereocenters. The Labute approximate surface area is 217 Å². The van der Waals surface area contributed by atoms with Crippen molar-refractivity contribution in [1.82, 2.24) is 4.98 Å². The van der Waals surface area contributed by atoms with Gasteiger partial charge in [0.05, 0.1) is 32.5 Å². The Morgan fingerprint density at radius 3 is 2.43 bits per heavy atom. The molecule has 1 saturated carbocycles. The second kappa shape index (κ2) is 11.3. The maximum atomic E-state index is 14.5. The van der Waals surface area contributed by atoms with Crippen LogP contribution in [-0.2, 0) is 0 Å². The number of ether oxygens (including phenoxy) is 2. The molecule has 0 amide bonds. The Bertz CT molecular complexity index is 1230. The molecule has 0 N–H and O–H groups in total. The molecular weight excluding hydrogens is 483 g/mol. The van der Waals surface area contributed by atoms with Crippen molar-refractivity contribution >= 4 is 28.9 Å². The number of anilines is 1. The van der Waals surface area contributed by atoms with Crippen molar-refractivity contribution in [3.63, 3.8) is 0 Å². The third kappa shape index (κ3) is 5.74. The predicted octanol–water partition coefficient (Wildman–Crippen LogP) is 7.29. The van der Waals surface area contributed by atoms with E-state index in [4.69, 9.17) is 20.9 Å². The van der Waals surface area contributed by atoms with Gasteiger partial charge in [0.2, 0.25) is 0 Å². The van der Waals surface area contributed by atoms with E-state index in [0.717, 1.165) is 44.6 Å². The van der Waals surface area contributed by atoms with Gasteiger partial charge in [0.25, 0.3) is 0 Å². The lowest BCUT2D eigenvalue weighted by Gasteiger charge is -2.31. The molecule has 186 valence electrons. The average molecular weight is 515 g/mol. The molecule has 1 aliphatic carbocycles. The van der Waals surface area contributed by atoms with Gasteiger partial charge >= 0.3 is 0 Å². The van der Waals surface area contributed by atoms with E-state index in [1.54, 1.807) is 38.5 Å². The smallest absolute Gasteiger partial charge is 0.187 e. The van der Waals surface area contributed by atoms with Crippen molar-refractivity contribution in [2.75, 3.05) is 25.7 Å². The van der Waals surface area contributed by atoms with Crippen LogP contribution in [0.5, 0.6) is 11.5 Å². The summed E-state index contributed by atoms with van der Waals surface area (Å²) >= 11 is 1.61. The first kappa shape index (κ1) is 26.8. The van der Waals surface area contributed by atoms with Crippen molar-refractivity contribution in [2.24, 2.45) is 5.92 Å². The van der Waals surface area contributed by atoms with Gasteiger partial charge in [0.15, 0.2) is 5.13 Å². The second-order valence-electron chi connectivity index (χ2n) is 8.96. The maximum Gasteiger partial charge on any atom is 0.187 e. The number of rotatable bonds is 9. The third-order valence-electron chi connectivity index (χ3n) is 6.48. The molecule has 0 radical (unpaired) electrons. The lowest BCUT2D eigenvalue weighted by Crippen LogP contribution is -2.29. The summed E-state index contributed by atoms with van der Waals surface area (Å²) in [5, 5.41) is 0.840. The molecule has 4 nitrogen and oxygen atoms in total. The topological polar surface area (TPSA) is 34.6 Å². The van der Waals surface area contributed by atoms with Crippen LogP contribution in [-0.4, -0.2) is 25.7 Å². The van der Waals surface area contributed by atoms with Crippen LogP contribution in [0.3, 0.4) is 0 Å². The van der Waals surface area contributed by atoms with Gasteiger partial charge in [-0.1, -0.05) is 30.9 Å². The molecule has 0 aliphatic heterocycles. The number of aryl methyl sites for hydroxylation is 3. The summed E-state index contributed by atoms with van der Waals surface area (Å²) in [6, 6.07) is 9.44. The van der Waals surface area contributed by atoms with Crippen LogP contribution in [0.1, 0.15) is 46.9 Å². The number of benzene rings is 2. The van der Waals surface area contributed by atoms with Gasteiger partial charge in [-0.15, -0.1) is 30.2 Å². The Balaban J connectivity index is 0.00000342. The largest absolute Gasteiger partial charge is 0.496 e. The number of hydrogen-bond donors (Lipinski definition) is 0. The molecule has 1 heterocycles. The molecule has 0 saturated heterocycles. The van der Waals surface area contributed by atoms with E-state index in [-0.39, 0.29) is 24.3 Å². The molecule has 2 aromatic carbocycles. The summed E-state index contributed by atoms with van der Waals surface area (Å²) in [5.41, 5.74) is 4.38. The number of halogens is 2. The van der Waals surface area contributed by atoms with Crippen molar-refractivity contribution in [2.45, 2.75) is 46.1 Å². The Morgan fingerprint density at radius 2 is 1.83 bits per heavy atom. The highest BCUT2D eigenvalue weighted by atomic mass is 35.5. The molecule has 7 heteroatoms. The fraction of sp³-hybridized carbons (Fsp3) is 0.393. The highest BCUT2D eigenvalue weighted by Gasteiger charge is 2.32. The first-order valence-corrected chi connectivity index (χ1v) is 12.3. The van der Waals surface area contributed by atoms with Gasteiger partial charge in [-0.05, 0) is 61.9 Å². The molecule has 1 aliphatic rings. The summed E-state index contributed by atoms with van der Waals surface area (Å²) in [6.07, 6.45) is 9.16. The highest BCUT2D eigenvalue weighted by molar-refractivity contribution is 7.16. The molecule has 1 aromatic heterocycles. The number of aromatic nitrogens is 1. The van der Waals surface area contributed by atoms with E-state index >= 15 is 0 Å². The number of hydrogen-bond acceptors (Lipinski definition) is 5. The average Bonchev–Trinajstić information content (AvgIpc) is 3.57. The van der Waals surface area contributed by atoms with Crippen LogP contribution >= 0.6 is 23.7 Å². The molecule has 4 rings (SSSR count). The SMILES string of the molecule is C#CCN(c1nc(-c2cc(C)c(OC)cc2OC)c(C)s1)[C@@H](CC1CC1)c1ccc(C)c(F)c1.Cl. The van der Waals surface area contributed by atoms with Crippen LogP contribution in [0.15, 0.2) is 30.3 Å². The van der Waals surface area contributed by atoms with Crippen molar-refractivity contribution < 1.29 is 13.9 Å². The van der Waals surface area contributed by atoms with Crippen LogP contribution < -0.4 is 14.4 Å². The van der Waals surface area contributed by atoms with E-state index < -0.39 is 0 Å². The predicted molar refractivity (Wildman–Crippen MR) is 145 cm³/mol. The molecule has 1 fully saturated rings. The van der Waals surface area contributed by atoms with Gasteiger partial charge in [0.1, 0.15) is 17.3 Å². The van der Waals surface area contributed by atoms with Gasteiger partial charge in [-0.3, -0.25) is 0 Å². The van der Waals surface area contributed by atoms with E-state index in [2.05, 4.69) is 17.7 Å². The molecule has 3 aromatic rings. The number of thiazole rings is 1. The fourth-order valence-corrected chi connectivity index (χ4v) is 5.31. The minimum atomic E-state index is -0.187. The van der Waals surface area contributed by atoms with Crippen LogP contribution in [0.2, 0.25) is 0 Å². The quantitative estimate of drug-likeness (QED) is 0.281. The van der Waals surface area contributed by atoms with Crippen LogP contribution in [0.4, 0.5) is 9.52 Å². The third-order valence-corrected chi connectivity index (χ3v) is 7.48. The summed E-state index contributed by atoms with van der Waals surface area (Å²) in [7, 11) is 3.30. The van der Waals surface area contributed by atoms with Crippen molar-refractivity contribution in [1.29, 1.82) is 0 Å². The Kier molecular flexibility index (Phi) is 8.69. The molecule has 35 heavy (non-hydrogen) atoms. The standard InChI is InChI=1S/C28H31FN2O2S.ClH/c1-7-12-31(24(14-20-9-10-20)21-11-8-17(2)23(29)15-21)28-30-27(19(4)34-28)22-13-18(3)25(32-5)16-26(22)33-6;/h1,8,11,13,15-16,20,24H,9-10,12,14H2,2-6H3;1H/t24-;/m0./s1. The van der Waals surface area contributed by atoms with E-state index in [1.165, 1.54) is 12.8 Å². The maximum absolute atomic E-state index is 14.5. The van der Waals surface area contributed by atoms with E-state index in [0.29, 0.717) is 23.8 Å². The normalized spacial score (nSPS) is 13.5. The lowest BCUT2D eigenvalue weighted by molar-refractivity contribution is 0.393. The minimum absolute atomic E-state index is 0. The number of terminal acetylenes is 1. The molecular formula is C28H32ClFN2O2S. The molecule has 1 atom stereocenters. The van der Waals surface area contributed by atoms with Crippen LogP contribution in [0.25, 0.3) is 11.3 Å². The molecule has 0 bridgehead atoms. The van der Waals surface area contributed by atoms with Crippen LogP contribution in [0, 0.1) is 44.9 Å². The molecule has 0 spiro atoms. The summed E-state index contributed by atoms with van der Waals surface area (Å²) in [5.74, 6) is 4.74. The fourth-order valence-electron chi connectivity index (χ4n) is 4.34. The van der Waals surface area contributed by atoms with Crippen molar-refractivity contribution in [3.05, 3.63) is 57.7 Å². The first-order chi connectivity index (χ1) is 16.4. The van der Waals surface area contributed by atoms with Gasteiger partial charge in [-0.2, -0.15) is 0 Å².